The Balaban J connectivity index is 1.57. The molecule has 2 aromatic carbocycles. The zero-order valence-corrected chi connectivity index (χ0v) is 23.1. The highest BCUT2D eigenvalue weighted by atomic mass is 14.8. The molecule has 0 spiro atoms. The number of hydrogen-bond donors (Lipinski definition) is 2. The van der Waals surface area contributed by atoms with Crippen molar-refractivity contribution in [1.82, 2.24) is 19.9 Å². The minimum absolute atomic E-state index is 0.908. The van der Waals surface area contributed by atoms with Crippen molar-refractivity contribution in [2.75, 3.05) is 0 Å². The van der Waals surface area contributed by atoms with Gasteiger partial charge >= 0.3 is 0 Å². The number of hydrogen-bond acceptors (Lipinski definition) is 2. The van der Waals surface area contributed by atoms with E-state index in [9.17, 15) is 0 Å². The van der Waals surface area contributed by atoms with Crippen LogP contribution in [0, 0.1) is 27.7 Å². The number of H-pyrrole nitrogens is 2. The molecule has 2 aliphatic heterocycles. The predicted octanol–water partition coefficient (Wildman–Crippen LogP) is 9.22. The molecule has 40 heavy (non-hydrogen) atoms. The third-order valence-electron chi connectivity index (χ3n) is 7.42. The normalized spacial score (nSPS) is 12.3. The summed E-state index contributed by atoms with van der Waals surface area (Å²) in [6, 6.07) is 26.1. The van der Waals surface area contributed by atoms with E-state index in [1.165, 1.54) is 27.8 Å². The number of fused-ring (bicyclic) bond motifs is 8. The van der Waals surface area contributed by atoms with Gasteiger partial charge in [-0.1, -0.05) is 58.7 Å². The molecule has 4 heteroatoms. The van der Waals surface area contributed by atoms with E-state index in [1.54, 1.807) is 0 Å². The Kier molecular flexibility index (Phi) is 5.64. The molecule has 194 valence electrons. The second-order valence-corrected chi connectivity index (χ2v) is 11.0. The van der Waals surface area contributed by atoms with Gasteiger partial charge in [0.2, 0.25) is 0 Å². The summed E-state index contributed by atoms with van der Waals surface area (Å²) in [5, 5.41) is 0. The van der Waals surface area contributed by atoms with Gasteiger partial charge in [0.1, 0.15) is 0 Å². The average Bonchev–Trinajstić information content (AvgIpc) is 3.69. The first-order chi connectivity index (χ1) is 19.4. The van der Waals surface area contributed by atoms with Crippen molar-refractivity contribution in [1.29, 1.82) is 0 Å². The fraction of sp³-hybridized carbons (Fsp3) is 0.111. The summed E-state index contributed by atoms with van der Waals surface area (Å²) in [6.07, 6.45) is 8.36. The van der Waals surface area contributed by atoms with Crippen LogP contribution in [0.1, 0.15) is 45.0 Å². The van der Waals surface area contributed by atoms with E-state index in [-0.39, 0.29) is 0 Å². The minimum Gasteiger partial charge on any atom is -0.355 e. The molecule has 0 fully saturated rings. The van der Waals surface area contributed by atoms with Crippen LogP contribution in [-0.2, 0) is 0 Å². The van der Waals surface area contributed by atoms with Crippen molar-refractivity contribution < 1.29 is 0 Å². The van der Waals surface area contributed by atoms with Crippen molar-refractivity contribution in [2.24, 2.45) is 0 Å². The molecule has 2 aliphatic rings. The Labute approximate surface area is 233 Å². The maximum absolute atomic E-state index is 5.06. The zero-order chi connectivity index (χ0) is 27.4. The summed E-state index contributed by atoms with van der Waals surface area (Å²) >= 11 is 0. The zero-order valence-electron chi connectivity index (χ0n) is 23.1. The van der Waals surface area contributed by atoms with Gasteiger partial charge in [-0.25, -0.2) is 9.97 Å². The summed E-state index contributed by atoms with van der Waals surface area (Å²) in [4.78, 5) is 17.4. The van der Waals surface area contributed by atoms with E-state index in [1.807, 2.05) is 0 Å². The van der Waals surface area contributed by atoms with Crippen molar-refractivity contribution in [2.45, 2.75) is 27.7 Å². The summed E-state index contributed by atoms with van der Waals surface area (Å²) in [6.45, 7) is 8.57. The van der Waals surface area contributed by atoms with Crippen LogP contribution < -0.4 is 0 Å². The minimum atomic E-state index is 0.908. The van der Waals surface area contributed by atoms with Crippen LogP contribution in [0.5, 0.6) is 0 Å². The SMILES string of the molecule is Cc1cc(C)cc(-c2c3nc(cc4ccc([nH]4)c(-c4cc(C)cc(C)c4)c4ccc(cc5nc2C=C5)[nH]4)C=C3)c1. The van der Waals surface area contributed by atoms with E-state index in [0.717, 1.165) is 61.5 Å². The third kappa shape index (κ3) is 4.48. The molecular formula is C36H30N4. The Morgan fingerprint density at radius 2 is 0.875 bits per heavy atom. The van der Waals surface area contributed by atoms with Gasteiger partial charge in [0, 0.05) is 33.2 Å². The molecule has 5 heterocycles. The second kappa shape index (κ2) is 9.35. The van der Waals surface area contributed by atoms with E-state index in [4.69, 9.17) is 9.97 Å². The molecule has 0 amide bonds. The van der Waals surface area contributed by atoms with Crippen LogP contribution in [0.4, 0.5) is 0 Å². The molecule has 0 atom stereocenters. The first-order valence-electron chi connectivity index (χ1n) is 13.7. The summed E-state index contributed by atoms with van der Waals surface area (Å²) in [5.41, 5.74) is 17.2. The predicted molar refractivity (Wildman–Crippen MR) is 169 cm³/mol. The van der Waals surface area contributed by atoms with Crippen LogP contribution >= 0.6 is 0 Å². The number of aromatic amines is 2. The molecule has 3 aromatic heterocycles. The van der Waals surface area contributed by atoms with E-state index >= 15 is 0 Å². The van der Waals surface area contributed by atoms with Gasteiger partial charge < -0.3 is 9.97 Å². The highest BCUT2D eigenvalue weighted by molar-refractivity contribution is 5.94. The molecule has 0 unspecified atom stereocenters. The van der Waals surface area contributed by atoms with Crippen LogP contribution in [-0.4, -0.2) is 19.9 Å². The molecule has 0 saturated heterocycles. The maximum atomic E-state index is 5.06. The van der Waals surface area contributed by atoms with Crippen molar-refractivity contribution >= 4 is 46.4 Å². The molecule has 0 saturated carbocycles. The Morgan fingerprint density at radius 1 is 0.450 bits per heavy atom. The largest absolute Gasteiger partial charge is 0.355 e. The van der Waals surface area contributed by atoms with Crippen LogP contribution in [0.25, 0.3) is 68.6 Å². The van der Waals surface area contributed by atoms with Crippen LogP contribution in [0.3, 0.4) is 0 Å². The fourth-order valence-electron chi connectivity index (χ4n) is 5.92. The molecule has 7 rings (SSSR count). The Hall–Kier alpha value is -4.96. The van der Waals surface area contributed by atoms with Gasteiger partial charge in [0.15, 0.2) is 0 Å². The number of nitrogens with zero attached hydrogens (tertiary/aromatic N) is 2. The quantitative estimate of drug-likeness (QED) is 0.240. The Morgan fingerprint density at radius 3 is 1.32 bits per heavy atom. The number of nitrogens with one attached hydrogen (secondary N) is 2. The van der Waals surface area contributed by atoms with E-state index in [0.29, 0.717) is 0 Å². The highest BCUT2D eigenvalue weighted by Gasteiger charge is 2.15. The summed E-state index contributed by atoms with van der Waals surface area (Å²) in [5.74, 6) is 0. The summed E-state index contributed by atoms with van der Waals surface area (Å²) in [7, 11) is 0. The average molecular weight is 519 g/mol. The molecule has 8 bridgehead atoms. The van der Waals surface area contributed by atoms with E-state index < -0.39 is 0 Å². The smallest absolute Gasteiger partial charge is 0.0737 e. The fourth-order valence-corrected chi connectivity index (χ4v) is 5.92. The summed E-state index contributed by atoms with van der Waals surface area (Å²) < 4.78 is 0. The molecule has 2 N–H and O–H groups in total. The van der Waals surface area contributed by atoms with Gasteiger partial charge in [-0.05, 0) is 99.5 Å². The third-order valence-corrected chi connectivity index (χ3v) is 7.42. The molecule has 5 aromatic rings. The number of benzene rings is 2. The number of aromatic nitrogens is 4. The van der Waals surface area contributed by atoms with Gasteiger partial charge in [0.25, 0.3) is 0 Å². The monoisotopic (exact) mass is 518 g/mol. The highest BCUT2D eigenvalue weighted by Crippen LogP contribution is 2.33. The number of rotatable bonds is 2. The lowest BCUT2D eigenvalue weighted by molar-refractivity contribution is 1.27. The van der Waals surface area contributed by atoms with Gasteiger partial charge in [-0.2, -0.15) is 0 Å². The lowest BCUT2D eigenvalue weighted by Gasteiger charge is -2.08. The van der Waals surface area contributed by atoms with Crippen molar-refractivity contribution in [3.05, 3.63) is 118 Å². The van der Waals surface area contributed by atoms with Gasteiger partial charge in [0.05, 0.1) is 22.8 Å². The molecule has 0 aliphatic carbocycles. The molecule has 4 nitrogen and oxygen atoms in total. The lowest BCUT2D eigenvalue weighted by Crippen LogP contribution is -1.90. The van der Waals surface area contributed by atoms with Crippen molar-refractivity contribution in [3.63, 3.8) is 0 Å². The first kappa shape index (κ1) is 24.1. The first-order valence-corrected chi connectivity index (χ1v) is 13.7. The maximum Gasteiger partial charge on any atom is 0.0737 e. The molecular weight excluding hydrogens is 488 g/mol. The lowest BCUT2D eigenvalue weighted by atomic mass is 9.98. The van der Waals surface area contributed by atoms with Crippen LogP contribution in [0.2, 0.25) is 0 Å². The topological polar surface area (TPSA) is 57.4 Å². The van der Waals surface area contributed by atoms with Gasteiger partial charge in [-0.3, -0.25) is 0 Å². The van der Waals surface area contributed by atoms with Gasteiger partial charge in [-0.15, -0.1) is 0 Å². The van der Waals surface area contributed by atoms with E-state index in [2.05, 4.69) is 135 Å². The Bertz CT molecular complexity index is 1910. The standard InChI is InChI=1S/C36H30N4/c1-21-13-22(2)16-25(15-21)35-31-9-5-27(37-31)19-29-7-11-33(39-29)36(26-17-23(3)14-24(4)18-26)34-12-8-30(40-34)20-28-6-10-32(35)38-28/h5-20,37-38H,1-4H3. The van der Waals surface area contributed by atoms with Crippen molar-refractivity contribution in [3.8, 4) is 22.3 Å². The molecule has 0 radical (unpaired) electrons. The second-order valence-electron chi connectivity index (χ2n) is 11.0. The van der Waals surface area contributed by atoms with Crippen LogP contribution in [0.15, 0.2) is 72.8 Å². The number of aryl methyl sites for hydroxylation is 4.